The van der Waals surface area contributed by atoms with E-state index in [1.54, 1.807) is 24.3 Å². The first kappa shape index (κ1) is 14.2. The van der Waals surface area contributed by atoms with Gasteiger partial charge >= 0.3 is 0 Å². The Kier molecular flexibility index (Phi) is 4.74. The Morgan fingerprint density at radius 3 is 2.53 bits per heavy atom. The highest BCUT2D eigenvalue weighted by molar-refractivity contribution is 7.89. The number of hydrogen-bond acceptors (Lipinski definition) is 3. The first-order valence-corrected chi connectivity index (χ1v) is 8.07. The number of allylic oxidation sites excluding steroid dienone is 1. The highest BCUT2D eigenvalue weighted by Gasteiger charge is 2.13. The van der Waals surface area contributed by atoms with E-state index in [1.807, 2.05) is 0 Å². The van der Waals surface area contributed by atoms with Gasteiger partial charge < -0.3 is 5.73 Å². The normalized spacial score (nSPS) is 15.5. The van der Waals surface area contributed by atoms with Gasteiger partial charge in [0.2, 0.25) is 10.0 Å². The fraction of sp³-hybridized carbons (Fsp3) is 0.429. The predicted octanol–water partition coefficient (Wildman–Crippen LogP) is 1.92. The molecule has 1 aromatic carbocycles. The van der Waals surface area contributed by atoms with Crippen molar-refractivity contribution >= 4 is 10.0 Å². The van der Waals surface area contributed by atoms with Gasteiger partial charge in [-0.1, -0.05) is 23.8 Å². The Morgan fingerprint density at radius 1 is 1.21 bits per heavy atom. The summed E-state index contributed by atoms with van der Waals surface area (Å²) in [6.45, 7) is 0.884. The predicted molar refractivity (Wildman–Crippen MR) is 76.1 cm³/mol. The minimum atomic E-state index is -3.39. The van der Waals surface area contributed by atoms with Gasteiger partial charge in [0.25, 0.3) is 0 Å². The lowest BCUT2D eigenvalue weighted by molar-refractivity contribution is 0.581. The fourth-order valence-electron chi connectivity index (χ4n) is 2.20. The molecule has 0 saturated heterocycles. The van der Waals surface area contributed by atoms with Crippen LogP contribution in [-0.2, 0) is 16.6 Å². The van der Waals surface area contributed by atoms with Crippen LogP contribution in [0.3, 0.4) is 0 Å². The van der Waals surface area contributed by atoms with E-state index < -0.39 is 10.0 Å². The van der Waals surface area contributed by atoms with Crippen LogP contribution in [0.5, 0.6) is 0 Å². The van der Waals surface area contributed by atoms with Gasteiger partial charge in [-0.15, -0.1) is 0 Å². The molecule has 1 aliphatic carbocycles. The van der Waals surface area contributed by atoms with E-state index in [-0.39, 0.29) is 0 Å². The molecule has 0 aliphatic heterocycles. The summed E-state index contributed by atoms with van der Waals surface area (Å²) in [6.07, 6.45) is 6.45. The van der Waals surface area contributed by atoms with E-state index in [9.17, 15) is 8.42 Å². The van der Waals surface area contributed by atoms with Crippen molar-refractivity contribution in [2.75, 3.05) is 6.54 Å². The summed E-state index contributed by atoms with van der Waals surface area (Å²) in [4.78, 5) is 0.296. The minimum absolute atomic E-state index is 0.296. The zero-order valence-corrected chi connectivity index (χ0v) is 11.7. The molecule has 0 radical (unpaired) electrons. The molecule has 1 aliphatic rings. The molecule has 0 spiro atoms. The molecule has 4 nitrogen and oxygen atoms in total. The smallest absolute Gasteiger partial charge is 0.240 e. The number of hydrogen-bond donors (Lipinski definition) is 2. The third kappa shape index (κ3) is 3.89. The van der Waals surface area contributed by atoms with Gasteiger partial charge in [-0.05, 0) is 43.4 Å². The highest BCUT2D eigenvalue weighted by Crippen LogP contribution is 2.20. The lowest BCUT2D eigenvalue weighted by Gasteiger charge is -2.07. The Hall–Kier alpha value is -1.17. The number of sulfonamides is 1. The molecule has 0 bridgehead atoms. The van der Waals surface area contributed by atoms with Crippen molar-refractivity contribution in [1.82, 2.24) is 4.72 Å². The molecule has 0 amide bonds. The SMILES string of the molecule is NCc1ccc(S(=O)(=O)NCCC2=CCCC2)cc1. The minimum Gasteiger partial charge on any atom is -0.326 e. The maximum absolute atomic E-state index is 12.0. The van der Waals surface area contributed by atoms with Gasteiger partial charge in [0, 0.05) is 13.1 Å². The molecule has 0 heterocycles. The molecule has 1 aromatic rings. The Labute approximate surface area is 114 Å². The van der Waals surface area contributed by atoms with E-state index in [2.05, 4.69) is 10.8 Å². The highest BCUT2D eigenvalue weighted by atomic mass is 32.2. The number of nitrogens with one attached hydrogen (secondary N) is 1. The van der Waals surface area contributed by atoms with E-state index in [0.717, 1.165) is 24.8 Å². The lowest BCUT2D eigenvalue weighted by atomic mass is 10.2. The summed E-state index contributed by atoms with van der Waals surface area (Å²) < 4.78 is 26.7. The van der Waals surface area contributed by atoms with Crippen molar-refractivity contribution in [2.45, 2.75) is 37.1 Å². The number of nitrogens with two attached hydrogens (primary N) is 1. The molecule has 0 saturated carbocycles. The summed E-state index contributed by atoms with van der Waals surface area (Å²) in [5, 5.41) is 0. The van der Waals surface area contributed by atoms with Crippen LogP contribution < -0.4 is 10.5 Å². The van der Waals surface area contributed by atoms with Crippen molar-refractivity contribution in [3.63, 3.8) is 0 Å². The van der Waals surface area contributed by atoms with Crippen molar-refractivity contribution in [3.05, 3.63) is 41.5 Å². The summed E-state index contributed by atoms with van der Waals surface area (Å²) >= 11 is 0. The molecule has 0 fully saturated rings. The van der Waals surface area contributed by atoms with Crippen LogP contribution in [0.4, 0.5) is 0 Å². The van der Waals surface area contributed by atoms with Crippen LogP contribution in [-0.4, -0.2) is 15.0 Å². The van der Waals surface area contributed by atoms with Crippen LogP contribution in [0, 0.1) is 0 Å². The quantitative estimate of drug-likeness (QED) is 0.782. The number of rotatable bonds is 6. The number of benzene rings is 1. The Morgan fingerprint density at radius 2 is 1.95 bits per heavy atom. The van der Waals surface area contributed by atoms with Gasteiger partial charge in [-0.2, -0.15) is 0 Å². The van der Waals surface area contributed by atoms with E-state index in [4.69, 9.17) is 5.73 Å². The molecule has 19 heavy (non-hydrogen) atoms. The van der Waals surface area contributed by atoms with Crippen LogP contribution in [0.1, 0.15) is 31.2 Å². The first-order valence-electron chi connectivity index (χ1n) is 6.58. The fourth-order valence-corrected chi connectivity index (χ4v) is 3.23. The van der Waals surface area contributed by atoms with Crippen LogP contribution in [0.25, 0.3) is 0 Å². The average Bonchev–Trinajstić information content (AvgIpc) is 2.92. The second-order valence-corrected chi connectivity index (χ2v) is 6.52. The molecule has 3 N–H and O–H groups in total. The van der Waals surface area contributed by atoms with E-state index in [1.165, 1.54) is 12.0 Å². The third-order valence-electron chi connectivity index (χ3n) is 3.34. The molecule has 104 valence electrons. The Bertz CT molecular complexity index is 547. The summed E-state index contributed by atoms with van der Waals surface area (Å²) in [6, 6.07) is 6.68. The summed E-state index contributed by atoms with van der Waals surface area (Å²) in [7, 11) is -3.39. The molecular weight excluding hydrogens is 260 g/mol. The molecule has 0 aromatic heterocycles. The van der Waals surface area contributed by atoms with E-state index >= 15 is 0 Å². The first-order chi connectivity index (χ1) is 9.12. The van der Waals surface area contributed by atoms with Crippen LogP contribution in [0.15, 0.2) is 40.8 Å². The van der Waals surface area contributed by atoms with Crippen molar-refractivity contribution in [2.24, 2.45) is 5.73 Å². The topological polar surface area (TPSA) is 72.2 Å². The summed E-state index contributed by atoms with van der Waals surface area (Å²) in [5.41, 5.74) is 7.78. The van der Waals surface area contributed by atoms with Crippen molar-refractivity contribution in [3.8, 4) is 0 Å². The van der Waals surface area contributed by atoms with Crippen LogP contribution >= 0.6 is 0 Å². The zero-order valence-electron chi connectivity index (χ0n) is 10.9. The zero-order chi connectivity index (χ0) is 13.7. The van der Waals surface area contributed by atoms with Crippen molar-refractivity contribution < 1.29 is 8.42 Å². The standard InChI is InChI=1S/C14H20N2O2S/c15-11-13-5-7-14(8-6-13)19(17,18)16-10-9-12-3-1-2-4-12/h3,5-8,16H,1-2,4,9-11,15H2. The summed E-state index contributed by atoms with van der Waals surface area (Å²) in [5.74, 6) is 0. The largest absolute Gasteiger partial charge is 0.326 e. The average molecular weight is 280 g/mol. The van der Waals surface area contributed by atoms with Crippen LogP contribution in [0.2, 0.25) is 0 Å². The lowest BCUT2D eigenvalue weighted by Crippen LogP contribution is -2.25. The Balaban J connectivity index is 1.93. The van der Waals surface area contributed by atoms with Gasteiger partial charge in [0.05, 0.1) is 4.90 Å². The van der Waals surface area contributed by atoms with Crippen molar-refractivity contribution in [1.29, 1.82) is 0 Å². The second-order valence-electron chi connectivity index (χ2n) is 4.75. The maximum atomic E-state index is 12.0. The molecular formula is C14H20N2O2S. The molecule has 0 atom stereocenters. The maximum Gasteiger partial charge on any atom is 0.240 e. The monoisotopic (exact) mass is 280 g/mol. The van der Waals surface area contributed by atoms with E-state index in [0.29, 0.717) is 18.0 Å². The van der Waals surface area contributed by atoms with Gasteiger partial charge in [0.15, 0.2) is 0 Å². The second kappa shape index (κ2) is 6.32. The van der Waals surface area contributed by atoms with Gasteiger partial charge in [-0.3, -0.25) is 0 Å². The molecule has 5 heteroatoms. The third-order valence-corrected chi connectivity index (χ3v) is 4.82. The molecule has 2 rings (SSSR count). The molecule has 0 unspecified atom stereocenters. The van der Waals surface area contributed by atoms with Gasteiger partial charge in [-0.25, -0.2) is 13.1 Å². The van der Waals surface area contributed by atoms with Gasteiger partial charge in [0.1, 0.15) is 0 Å².